The first kappa shape index (κ1) is 24.1. The molecular formula is C23H25NO7S. The highest BCUT2D eigenvalue weighted by atomic mass is 32.2. The monoisotopic (exact) mass is 459 g/mol. The summed E-state index contributed by atoms with van der Waals surface area (Å²) in [6, 6.07) is 11.0. The molecule has 8 nitrogen and oxygen atoms in total. The zero-order valence-corrected chi connectivity index (χ0v) is 19.0. The molecule has 9 heteroatoms. The Kier molecular flexibility index (Phi) is 6.32. The van der Waals surface area contributed by atoms with Crippen LogP contribution in [-0.4, -0.2) is 65.6 Å². The lowest BCUT2D eigenvalue weighted by Gasteiger charge is -2.54. The van der Waals surface area contributed by atoms with Crippen molar-refractivity contribution in [2.45, 2.75) is 49.9 Å². The molecule has 0 saturated carbocycles. The standard InChI is InChI=1S/C23H25NO7S/c1-13-5-7-17(8-6-13)19-10-9-18(11-24-19)31-20-22(29,15(3)26)23(30,16(4)27)21(28,12-32-20)14(2)25/h5-11,20,28-30H,12H2,1-4H3/t20-,21-,22-,23-/m0/s1. The van der Waals surface area contributed by atoms with Gasteiger partial charge in [0.05, 0.1) is 11.9 Å². The zero-order chi connectivity index (χ0) is 23.9. The van der Waals surface area contributed by atoms with Gasteiger partial charge in [0, 0.05) is 11.3 Å². The lowest BCUT2D eigenvalue weighted by Crippen LogP contribution is -2.82. The third-order valence-corrected chi connectivity index (χ3v) is 7.21. The highest BCUT2D eigenvalue weighted by molar-refractivity contribution is 8.00. The first-order chi connectivity index (χ1) is 14.9. The van der Waals surface area contributed by atoms with Gasteiger partial charge in [0.2, 0.25) is 5.60 Å². The number of aliphatic hydroxyl groups is 3. The second-order valence-corrected chi connectivity index (χ2v) is 9.06. The molecular weight excluding hydrogens is 434 g/mol. The molecule has 170 valence electrons. The molecule has 0 spiro atoms. The number of rotatable bonds is 6. The van der Waals surface area contributed by atoms with Crippen LogP contribution in [-0.2, 0) is 14.4 Å². The summed E-state index contributed by atoms with van der Waals surface area (Å²) in [5, 5.41) is 33.4. The van der Waals surface area contributed by atoms with Gasteiger partial charge in [-0.3, -0.25) is 19.4 Å². The Bertz CT molecular complexity index is 1060. The van der Waals surface area contributed by atoms with Gasteiger partial charge in [0.15, 0.2) is 34.0 Å². The number of ether oxygens (including phenoxy) is 1. The smallest absolute Gasteiger partial charge is 0.208 e. The third kappa shape index (κ3) is 3.55. The summed E-state index contributed by atoms with van der Waals surface area (Å²) in [7, 11) is 0. The van der Waals surface area contributed by atoms with Crippen molar-refractivity contribution in [3.63, 3.8) is 0 Å². The van der Waals surface area contributed by atoms with Crippen LogP contribution < -0.4 is 4.74 Å². The number of pyridine rings is 1. The number of ketones is 3. The van der Waals surface area contributed by atoms with Crippen LogP contribution in [0.2, 0.25) is 0 Å². The lowest BCUT2D eigenvalue weighted by atomic mass is 9.65. The summed E-state index contributed by atoms with van der Waals surface area (Å²) >= 11 is 0.747. The Hall–Kier alpha value is -2.59. The van der Waals surface area contributed by atoms with E-state index in [0.29, 0.717) is 5.69 Å². The van der Waals surface area contributed by atoms with Crippen LogP contribution in [0.4, 0.5) is 0 Å². The Balaban J connectivity index is 1.97. The molecule has 1 aliphatic rings. The van der Waals surface area contributed by atoms with Crippen LogP contribution in [0.1, 0.15) is 26.3 Å². The maximum atomic E-state index is 12.5. The van der Waals surface area contributed by atoms with Crippen molar-refractivity contribution in [1.82, 2.24) is 4.98 Å². The molecule has 3 rings (SSSR count). The molecule has 0 amide bonds. The van der Waals surface area contributed by atoms with Crippen molar-refractivity contribution in [2.24, 2.45) is 0 Å². The number of aromatic nitrogens is 1. The van der Waals surface area contributed by atoms with Gasteiger partial charge in [0.25, 0.3) is 0 Å². The van der Waals surface area contributed by atoms with E-state index in [4.69, 9.17) is 4.74 Å². The predicted molar refractivity (Wildman–Crippen MR) is 118 cm³/mol. The number of thioether (sulfide) groups is 1. The van der Waals surface area contributed by atoms with Gasteiger partial charge >= 0.3 is 0 Å². The molecule has 0 aliphatic carbocycles. The first-order valence-electron chi connectivity index (χ1n) is 9.89. The van der Waals surface area contributed by atoms with E-state index in [2.05, 4.69) is 4.98 Å². The van der Waals surface area contributed by atoms with Crippen LogP contribution in [0.5, 0.6) is 5.75 Å². The average Bonchev–Trinajstić information content (AvgIpc) is 2.74. The van der Waals surface area contributed by atoms with Gasteiger partial charge in [-0.15, -0.1) is 11.8 Å². The molecule has 1 fully saturated rings. The third-order valence-electron chi connectivity index (χ3n) is 5.89. The van der Waals surface area contributed by atoms with E-state index in [0.717, 1.165) is 43.7 Å². The molecule has 32 heavy (non-hydrogen) atoms. The molecule has 2 heterocycles. The van der Waals surface area contributed by atoms with E-state index in [-0.39, 0.29) is 5.75 Å². The molecule has 1 saturated heterocycles. The van der Waals surface area contributed by atoms with Crippen molar-refractivity contribution in [3.05, 3.63) is 48.2 Å². The Morgan fingerprint density at radius 3 is 2.06 bits per heavy atom. The second-order valence-electron chi connectivity index (χ2n) is 8.01. The van der Waals surface area contributed by atoms with E-state index >= 15 is 0 Å². The average molecular weight is 460 g/mol. The largest absolute Gasteiger partial charge is 0.474 e. The number of hydrogen-bond donors (Lipinski definition) is 3. The molecule has 2 aromatic rings. The number of benzene rings is 1. The maximum absolute atomic E-state index is 12.5. The molecule has 0 unspecified atom stereocenters. The molecule has 4 atom stereocenters. The minimum absolute atomic E-state index is 0.164. The molecule has 1 aromatic carbocycles. The van der Waals surface area contributed by atoms with Gasteiger partial charge < -0.3 is 20.1 Å². The van der Waals surface area contributed by atoms with E-state index in [1.807, 2.05) is 31.2 Å². The van der Waals surface area contributed by atoms with Gasteiger partial charge in [-0.2, -0.15) is 0 Å². The van der Waals surface area contributed by atoms with Gasteiger partial charge in [-0.1, -0.05) is 29.8 Å². The van der Waals surface area contributed by atoms with Crippen molar-refractivity contribution in [2.75, 3.05) is 5.75 Å². The highest BCUT2D eigenvalue weighted by Crippen LogP contribution is 2.49. The van der Waals surface area contributed by atoms with Crippen LogP contribution in [0, 0.1) is 6.92 Å². The van der Waals surface area contributed by atoms with Crippen LogP contribution in [0.25, 0.3) is 11.3 Å². The summed E-state index contributed by atoms with van der Waals surface area (Å²) in [6.07, 6.45) is 1.38. The Morgan fingerprint density at radius 2 is 1.59 bits per heavy atom. The van der Waals surface area contributed by atoms with Gasteiger partial charge in [-0.05, 0) is 39.8 Å². The van der Waals surface area contributed by atoms with E-state index in [9.17, 15) is 29.7 Å². The quantitative estimate of drug-likeness (QED) is 0.587. The molecule has 0 radical (unpaired) electrons. The summed E-state index contributed by atoms with van der Waals surface area (Å²) in [5.74, 6) is -3.42. The fraction of sp³-hybridized carbons (Fsp3) is 0.391. The summed E-state index contributed by atoms with van der Waals surface area (Å²) in [4.78, 5) is 41.4. The predicted octanol–water partition coefficient (Wildman–Crippen LogP) is 1.47. The van der Waals surface area contributed by atoms with E-state index < -0.39 is 45.3 Å². The number of aryl methyl sites for hydroxylation is 1. The molecule has 1 aromatic heterocycles. The second kappa shape index (κ2) is 8.40. The van der Waals surface area contributed by atoms with Crippen LogP contribution >= 0.6 is 11.8 Å². The summed E-state index contributed by atoms with van der Waals surface area (Å²) in [5.41, 5.74) is -7.48. The van der Waals surface area contributed by atoms with Crippen LogP contribution in [0.15, 0.2) is 42.6 Å². The number of carbonyl (C=O) groups is 3. The van der Waals surface area contributed by atoms with Crippen LogP contribution in [0.3, 0.4) is 0 Å². The summed E-state index contributed by atoms with van der Waals surface area (Å²) < 4.78 is 5.76. The maximum Gasteiger partial charge on any atom is 0.208 e. The van der Waals surface area contributed by atoms with Crippen molar-refractivity contribution in [1.29, 1.82) is 0 Å². The highest BCUT2D eigenvalue weighted by Gasteiger charge is 2.75. The number of hydrogen-bond acceptors (Lipinski definition) is 9. The van der Waals surface area contributed by atoms with Crippen molar-refractivity contribution < 1.29 is 34.4 Å². The number of carbonyl (C=O) groups excluding carboxylic acids is 3. The fourth-order valence-electron chi connectivity index (χ4n) is 3.83. The minimum Gasteiger partial charge on any atom is -0.474 e. The normalized spacial score (nSPS) is 29.9. The minimum atomic E-state index is -3.09. The fourth-order valence-corrected chi connectivity index (χ4v) is 5.39. The van der Waals surface area contributed by atoms with Gasteiger partial charge in [0.1, 0.15) is 5.75 Å². The lowest BCUT2D eigenvalue weighted by molar-refractivity contribution is -0.236. The summed E-state index contributed by atoms with van der Waals surface area (Å²) in [6.45, 7) is 4.80. The topological polar surface area (TPSA) is 134 Å². The number of nitrogens with zero attached hydrogens (tertiary/aromatic N) is 1. The van der Waals surface area contributed by atoms with Crippen molar-refractivity contribution in [3.8, 4) is 17.0 Å². The molecule has 0 bridgehead atoms. The first-order valence-corrected chi connectivity index (χ1v) is 10.9. The Labute approximate surface area is 189 Å². The van der Waals surface area contributed by atoms with E-state index in [1.165, 1.54) is 6.20 Å². The zero-order valence-electron chi connectivity index (χ0n) is 18.2. The van der Waals surface area contributed by atoms with Gasteiger partial charge in [-0.25, -0.2) is 0 Å². The van der Waals surface area contributed by atoms with E-state index in [1.54, 1.807) is 12.1 Å². The van der Waals surface area contributed by atoms with Crippen molar-refractivity contribution >= 4 is 29.1 Å². The SMILES string of the molecule is CC(=O)[C@]1(O)[C@@](O)(C(C)=O)CS[C@H](Oc2ccc(-c3ccc(C)cc3)nc2)[C@@]1(O)C(C)=O. The Morgan fingerprint density at radius 1 is 0.969 bits per heavy atom. The molecule has 1 aliphatic heterocycles. The molecule has 3 N–H and O–H groups in total. The number of Topliss-reactive ketones (excluding diaryl/α,β-unsaturated/α-hetero) is 3.